The van der Waals surface area contributed by atoms with Crippen LogP contribution in [0.2, 0.25) is 5.02 Å². The minimum Gasteiger partial charge on any atom is -0.381 e. The molecule has 0 aliphatic carbocycles. The fraction of sp³-hybridized carbons (Fsp3) is 0.182. The first-order chi connectivity index (χ1) is 7.58. The van der Waals surface area contributed by atoms with Crippen LogP contribution in [0.3, 0.4) is 0 Å². The predicted molar refractivity (Wildman–Crippen MR) is 70.1 cm³/mol. The first kappa shape index (κ1) is 12.0. The molecule has 1 aromatic heterocycles. The van der Waals surface area contributed by atoms with Gasteiger partial charge in [0.15, 0.2) is 0 Å². The molecule has 1 atom stereocenters. The zero-order chi connectivity index (χ0) is 11.7. The first-order valence-corrected chi connectivity index (χ1v) is 6.68. The Hall–Kier alpha value is -0.420. The van der Waals surface area contributed by atoms with Crippen molar-refractivity contribution in [3.8, 4) is 0 Å². The number of thiazole rings is 1. The second-order valence-electron chi connectivity index (χ2n) is 3.41. The van der Waals surface area contributed by atoms with Gasteiger partial charge in [-0.1, -0.05) is 17.7 Å². The molecule has 0 spiro atoms. The van der Waals surface area contributed by atoms with Crippen molar-refractivity contribution in [2.45, 2.75) is 13.0 Å². The van der Waals surface area contributed by atoms with Crippen molar-refractivity contribution < 1.29 is 5.11 Å². The summed E-state index contributed by atoms with van der Waals surface area (Å²) in [5, 5.41) is 13.4. The Morgan fingerprint density at radius 3 is 2.81 bits per heavy atom. The van der Waals surface area contributed by atoms with E-state index >= 15 is 0 Å². The third-order valence-corrected chi connectivity index (χ3v) is 4.10. The molecule has 5 heteroatoms. The number of rotatable bonds is 2. The molecule has 0 aliphatic rings. The Balaban J connectivity index is 2.37. The normalized spacial score (nSPS) is 12.8. The predicted octanol–water partition coefficient (Wildman–Crippen LogP) is 3.95. The molecule has 2 aromatic rings. The standard InChI is InChI=1S/C11H9BrClNOS/c1-6-4-7(13)2-3-8(6)10(15)11-14-9(12)5-16-11/h2-5,10,15H,1H3. The zero-order valence-electron chi connectivity index (χ0n) is 8.45. The molecule has 1 unspecified atom stereocenters. The summed E-state index contributed by atoms with van der Waals surface area (Å²) >= 11 is 10.6. The van der Waals surface area contributed by atoms with Crippen molar-refractivity contribution in [1.29, 1.82) is 0 Å². The Kier molecular flexibility index (Phi) is 3.64. The second kappa shape index (κ2) is 4.84. The molecule has 1 heterocycles. The highest BCUT2D eigenvalue weighted by atomic mass is 79.9. The van der Waals surface area contributed by atoms with Gasteiger partial charge < -0.3 is 5.11 Å². The Labute approximate surface area is 111 Å². The molecule has 16 heavy (non-hydrogen) atoms. The quantitative estimate of drug-likeness (QED) is 0.909. The Morgan fingerprint density at radius 2 is 2.25 bits per heavy atom. The molecule has 2 rings (SSSR count). The lowest BCUT2D eigenvalue weighted by Crippen LogP contribution is -2.01. The highest BCUT2D eigenvalue weighted by Gasteiger charge is 2.16. The van der Waals surface area contributed by atoms with E-state index in [9.17, 15) is 5.11 Å². The van der Waals surface area contributed by atoms with Gasteiger partial charge in [-0.3, -0.25) is 0 Å². The van der Waals surface area contributed by atoms with E-state index in [2.05, 4.69) is 20.9 Å². The highest BCUT2D eigenvalue weighted by molar-refractivity contribution is 9.10. The summed E-state index contributed by atoms with van der Waals surface area (Å²) in [6.45, 7) is 1.92. The van der Waals surface area contributed by atoms with Gasteiger partial charge in [-0.25, -0.2) is 4.98 Å². The molecule has 2 nitrogen and oxygen atoms in total. The van der Waals surface area contributed by atoms with Crippen LogP contribution in [0.15, 0.2) is 28.2 Å². The third kappa shape index (κ3) is 2.46. The van der Waals surface area contributed by atoms with E-state index in [0.717, 1.165) is 15.7 Å². The van der Waals surface area contributed by atoms with Crippen LogP contribution in [0.5, 0.6) is 0 Å². The molecular weight excluding hydrogens is 310 g/mol. The fourth-order valence-corrected chi connectivity index (χ4v) is 2.96. The minimum absolute atomic E-state index is 0.675. The van der Waals surface area contributed by atoms with Crippen molar-refractivity contribution >= 4 is 38.9 Å². The summed E-state index contributed by atoms with van der Waals surface area (Å²) in [6, 6.07) is 5.44. The van der Waals surface area contributed by atoms with E-state index in [0.29, 0.717) is 10.0 Å². The number of nitrogens with zero attached hydrogens (tertiary/aromatic N) is 1. The number of aryl methyl sites for hydroxylation is 1. The van der Waals surface area contributed by atoms with Crippen molar-refractivity contribution in [2.24, 2.45) is 0 Å². The van der Waals surface area contributed by atoms with Crippen LogP contribution in [0.25, 0.3) is 0 Å². The topological polar surface area (TPSA) is 33.1 Å². The summed E-state index contributed by atoms with van der Waals surface area (Å²) in [4.78, 5) is 4.20. The SMILES string of the molecule is Cc1cc(Cl)ccc1C(O)c1nc(Br)cs1. The summed E-state index contributed by atoms with van der Waals surface area (Å²) in [5.41, 5.74) is 1.80. The summed E-state index contributed by atoms with van der Waals surface area (Å²) < 4.78 is 0.748. The van der Waals surface area contributed by atoms with E-state index < -0.39 is 6.10 Å². The van der Waals surface area contributed by atoms with Crippen molar-refractivity contribution in [3.63, 3.8) is 0 Å². The molecule has 0 fully saturated rings. The van der Waals surface area contributed by atoms with Crippen LogP contribution in [-0.2, 0) is 0 Å². The molecule has 0 saturated heterocycles. The molecule has 0 aliphatic heterocycles. The van der Waals surface area contributed by atoms with Crippen LogP contribution in [-0.4, -0.2) is 10.1 Å². The third-order valence-electron chi connectivity index (χ3n) is 2.25. The first-order valence-electron chi connectivity index (χ1n) is 4.63. The van der Waals surface area contributed by atoms with Crippen LogP contribution in [0.4, 0.5) is 0 Å². The van der Waals surface area contributed by atoms with Crippen molar-refractivity contribution in [3.05, 3.63) is 49.3 Å². The maximum Gasteiger partial charge on any atom is 0.131 e. The van der Waals surface area contributed by atoms with Gasteiger partial charge in [0.05, 0.1) is 0 Å². The molecule has 0 radical (unpaired) electrons. The maximum absolute atomic E-state index is 10.2. The minimum atomic E-state index is -0.687. The maximum atomic E-state index is 10.2. The second-order valence-corrected chi connectivity index (χ2v) is 5.55. The van der Waals surface area contributed by atoms with E-state index in [-0.39, 0.29) is 0 Å². The van der Waals surface area contributed by atoms with Gasteiger partial charge in [0, 0.05) is 10.4 Å². The molecule has 0 bridgehead atoms. The lowest BCUT2D eigenvalue weighted by atomic mass is 10.0. The van der Waals surface area contributed by atoms with Crippen LogP contribution in [0.1, 0.15) is 22.2 Å². The lowest BCUT2D eigenvalue weighted by molar-refractivity contribution is 0.219. The smallest absolute Gasteiger partial charge is 0.131 e. The van der Waals surface area contributed by atoms with Crippen molar-refractivity contribution in [2.75, 3.05) is 0 Å². The molecular formula is C11H9BrClNOS. The summed E-state index contributed by atoms with van der Waals surface area (Å²) in [5.74, 6) is 0. The average molecular weight is 319 g/mol. The zero-order valence-corrected chi connectivity index (χ0v) is 11.6. The van der Waals surface area contributed by atoms with Gasteiger partial charge in [0.2, 0.25) is 0 Å². The van der Waals surface area contributed by atoms with Gasteiger partial charge in [0.25, 0.3) is 0 Å². The molecule has 1 aromatic carbocycles. The van der Waals surface area contributed by atoms with Crippen LogP contribution < -0.4 is 0 Å². The highest BCUT2D eigenvalue weighted by Crippen LogP contribution is 2.29. The molecule has 84 valence electrons. The monoisotopic (exact) mass is 317 g/mol. The van der Waals surface area contributed by atoms with Gasteiger partial charge in [-0.05, 0) is 46.1 Å². The fourth-order valence-electron chi connectivity index (χ4n) is 1.47. The van der Waals surface area contributed by atoms with E-state index in [1.807, 2.05) is 24.4 Å². The number of aliphatic hydroxyl groups is 1. The molecule has 1 N–H and O–H groups in total. The molecule has 0 amide bonds. The number of halogens is 2. The van der Waals surface area contributed by atoms with E-state index in [1.165, 1.54) is 11.3 Å². The summed E-state index contributed by atoms with van der Waals surface area (Å²) in [7, 11) is 0. The number of aliphatic hydroxyl groups excluding tert-OH is 1. The van der Waals surface area contributed by atoms with Gasteiger partial charge in [0.1, 0.15) is 15.7 Å². The number of hydrogen-bond donors (Lipinski definition) is 1. The Morgan fingerprint density at radius 1 is 1.50 bits per heavy atom. The van der Waals surface area contributed by atoms with Gasteiger partial charge >= 0.3 is 0 Å². The average Bonchev–Trinajstić information content (AvgIpc) is 2.64. The van der Waals surface area contributed by atoms with Crippen LogP contribution >= 0.6 is 38.9 Å². The largest absolute Gasteiger partial charge is 0.381 e. The number of hydrogen-bond acceptors (Lipinski definition) is 3. The number of benzene rings is 1. The number of aromatic nitrogens is 1. The lowest BCUT2D eigenvalue weighted by Gasteiger charge is -2.11. The van der Waals surface area contributed by atoms with Crippen molar-refractivity contribution in [1.82, 2.24) is 4.98 Å². The molecule has 0 saturated carbocycles. The van der Waals surface area contributed by atoms with Crippen LogP contribution in [0, 0.1) is 6.92 Å². The van der Waals surface area contributed by atoms with Gasteiger partial charge in [-0.15, -0.1) is 11.3 Å². The van der Waals surface area contributed by atoms with E-state index in [4.69, 9.17) is 11.6 Å². The Bertz CT molecular complexity index is 514. The van der Waals surface area contributed by atoms with E-state index in [1.54, 1.807) is 6.07 Å². The van der Waals surface area contributed by atoms with Gasteiger partial charge in [-0.2, -0.15) is 0 Å². The summed E-state index contributed by atoms with van der Waals surface area (Å²) in [6.07, 6.45) is -0.687.